The highest BCUT2D eigenvalue weighted by Crippen LogP contribution is 2.17. The molecule has 0 rings (SSSR count). The Hall–Kier alpha value is -0.120. The average Bonchev–Trinajstić information content (AvgIpc) is 2.37. The molecule has 0 aromatic rings. The molecule has 1 atom stereocenters. The van der Waals surface area contributed by atoms with Crippen molar-refractivity contribution in [1.29, 1.82) is 0 Å². The van der Waals surface area contributed by atoms with Gasteiger partial charge >= 0.3 is 0 Å². The summed E-state index contributed by atoms with van der Waals surface area (Å²) in [5.41, 5.74) is -0.0746. The number of hydrogen-bond donors (Lipinski definition) is 2. The molecule has 0 fully saturated rings. The maximum atomic E-state index is 9.47. The van der Waals surface area contributed by atoms with E-state index < -0.39 is 0 Å². The Labute approximate surface area is 108 Å². The van der Waals surface area contributed by atoms with E-state index in [1.54, 1.807) is 0 Å². The van der Waals surface area contributed by atoms with E-state index in [0.717, 1.165) is 25.8 Å². The Morgan fingerprint density at radius 3 is 2.18 bits per heavy atom. The Kier molecular flexibility index (Phi) is 8.83. The molecule has 0 aliphatic heterocycles. The van der Waals surface area contributed by atoms with Gasteiger partial charge in [-0.1, -0.05) is 20.8 Å². The lowest BCUT2D eigenvalue weighted by Crippen LogP contribution is -2.46. The van der Waals surface area contributed by atoms with Crippen molar-refractivity contribution >= 4 is 0 Å². The minimum atomic E-state index is -0.0746. The van der Waals surface area contributed by atoms with E-state index in [9.17, 15) is 5.11 Å². The van der Waals surface area contributed by atoms with E-state index in [1.165, 1.54) is 12.8 Å². The topological polar surface area (TPSA) is 35.5 Å². The van der Waals surface area contributed by atoms with Gasteiger partial charge in [-0.25, -0.2) is 0 Å². The molecule has 2 N–H and O–H groups in total. The Balaban J connectivity index is 4.03. The monoisotopic (exact) mass is 244 g/mol. The molecule has 17 heavy (non-hydrogen) atoms. The van der Waals surface area contributed by atoms with Crippen molar-refractivity contribution in [2.24, 2.45) is 0 Å². The van der Waals surface area contributed by atoms with Crippen LogP contribution in [0.15, 0.2) is 0 Å². The highest BCUT2D eigenvalue weighted by Gasteiger charge is 2.24. The summed E-state index contributed by atoms with van der Waals surface area (Å²) in [4.78, 5) is 2.45. The van der Waals surface area contributed by atoms with Gasteiger partial charge in [0.25, 0.3) is 0 Å². The summed E-state index contributed by atoms with van der Waals surface area (Å²) in [6.07, 6.45) is 5.60. The van der Waals surface area contributed by atoms with Crippen LogP contribution in [0.5, 0.6) is 0 Å². The highest BCUT2D eigenvalue weighted by molar-refractivity contribution is 4.84. The van der Waals surface area contributed by atoms with Gasteiger partial charge in [-0.05, 0) is 52.7 Å². The zero-order valence-electron chi connectivity index (χ0n) is 12.4. The van der Waals surface area contributed by atoms with Crippen LogP contribution in [0.25, 0.3) is 0 Å². The van der Waals surface area contributed by atoms with Gasteiger partial charge in [-0.3, -0.25) is 0 Å². The number of nitrogens with one attached hydrogen (secondary N) is 1. The first-order valence-corrected chi connectivity index (χ1v) is 7.09. The third-order valence-electron chi connectivity index (χ3n) is 4.24. The SMILES string of the molecule is CCC(CC)N(C)CCCC(CC)(CO)NC. The van der Waals surface area contributed by atoms with Crippen LogP contribution in [-0.4, -0.2) is 48.8 Å². The fourth-order valence-electron chi connectivity index (χ4n) is 2.51. The molecule has 0 radical (unpaired) electrons. The van der Waals surface area contributed by atoms with Crippen LogP contribution in [0.1, 0.15) is 52.9 Å². The number of likely N-dealkylation sites (N-methyl/N-ethyl adjacent to an activating group) is 1. The van der Waals surface area contributed by atoms with Crippen LogP contribution < -0.4 is 5.32 Å². The summed E-state index contributed by atoms with van der Waals surface area (Å²) < 4.78 is 0. The van der Waals surface area contributed by atoms with Crippen molar-refractivity contribution in [1.82, 2.24) is 10.2 Å². The van der Waals surface area contributed by atoms with E-state index in [1.807, 2.05) is 7.05 Å². The first-order chi connectivity index (χ1) is 8.09. The van der Waals surface area contributed by atoms with E-state index >= 15 is 0 Å². The van der Waals surface area contributed by atoms with Crippen molar-refractivity contribution < 1.29 is 5.11 Å². The molecular weight excluding hydrogens is 212 g/mol. The molecule has 0 spiro atoms. The molecule has 0 bridgehead atoms. The maximum absolute atomic E-state index is 9.47. The quantitative estimate of drug-likeness (QED) is 0.619. The molecular formula is C14H32N2O. The van der Waals surface area contributed by atoms with Gasteiger partial charge in [-0.15, -0.1) is 0 Å². The molecule has 0 aromatic heterocycles. The molecule has 3 nitrogen and oxygen atoms in total. The zero-order chi connectivity index (χ0) is 13.3. The number of hydrogen-bond acceptors (Lipinski definition) is 3. The second kappa shape index (κ2) is 8.90. The molecule has 0 aliphatic carbocycles. The summed E-state index contributed by atoms with van der Waals surface area (Å²) in [6.45, 7) is 7.99. The van der Waals surface area contributed by atoms with Gasteiger partial charge < -0.3 is 15.3 Å². The largest absolute Gasteiger partial charge is 0.394 e. The van der Waals surface area contributed by atoms with Crippen LogP contribution in [0, 0.1) is 0 Å². The van der Waals surface area contributed by atoms with Crippen LogP contribution in [0.4, 0.5) is 0 Å². The molecule has 0 aromatic carbocycles. The number of aliphatic hydroxyl groups is 1. The van der Waals surface area contributed by atoms with E-state index in [0.29, 0.717) is 6.04 Å². The molecule has 0 heterocycles. The summed E-state index contributed by atoms with van der Waals surface area (Å²) in [5, 5.41) is 12.7. The van der Waals surface area contributed by atoms with Crippen molar-refractivity contribution in [3.05, 3.63) is 0 Å². The second-order valence-electron chi connectivity index (χ2n) is 5.10. The standard InChI is InChI=1S/C14H32N2O/c1-6-13(7-2)16(5)11-9-10-14(8-3,12-17)15-4/h13,15,17H,6-12H2,1-5H3. The minimum absolute atomic E-state index is 0.0746. The third kappa shape index (κ3) is 5.36. The van der Waals surface area contributed by atoms with Crippen molar-refractivity contribution in [3.8, 4) is 0 Å². The smallest absolute Gasteiger partial charge is 0.0613 e. The normalized spacial score (nSPS) is 15.5. The summed E-state index contributed by atoms with van der Waals surface area (Å²) in [6, 6.07) is 0.703. The molecule has 0 saturated carbocycles. The van der Waals surface area contributed by atoms with Crippen LogP contribution in [-0.2, 0) is 0 Å². The predicted molar refractivity (Wildman–Crippen MR) is 75.4 cm³/mol. The molecule has 0 saturated heterocycles. The highest BCUT2D eigenvalue weighted by atomic mass is 16.3. The molecule has 1 unspecified atom stereocenters. The maximum Gasteiger partial charge on any atom is 0.0613 e. The predicted octanol–water partition coefficient (Wildman–Crippen LogP) is 2.25. The van der Waals surface area contributed by atoms with Crippen LogP contribution in [0.2, 0.25) is 0 Å². The molecule has 104 valence electrons. The summed E-state index contributed by atoms with van der Waals surface area (Å²) in [7, 11) is 4.16. The van der Waals surface area contributed by atoms with Gasteiger partial charge in [0.05, 0.1) is 6.61 Å². The number of aliphatic hydroxyl groups excluding tert-OH is 1. The van der Waals surface area contributed by atoms with E-state index in [4.69, 9.17) is 0 Å². The van der Waals surface area contributed by atoms with Crippen LogP contribution >= 0.6 is 0 Å². The third-order valence-corrected chi connectivity index (χ3v) is 4.24. The Morgan fingerprint density at radius 1 is 1.24 bits per heavy atom. The van der Waals surface area contributed by atoms with E-state index in [2.05, 4.69) is 38.0 Å². The van der Waals surface area contributed by atoms with E-state index in [-0.39, 0.29) is 12.1 Å². The lowest BCUT2D eigenvalue weighted by atomic mass is 9.91. The molecule has 0 amide bonds. The van der Waals surface area contributed by atoms with Crippen molar-refractivity contribution in [2.45, 2.75) is 64.5 Å². The fourth-order valence-corrected chi connectivity index (χ4v) is 2.51. The van der Waals surface area contributed by atoms with Gasteiger partial charge in [0.15, 0.2) is 0 Å². The fraction of sp³-hybridized carbons (Fsp3) is 1.00. The van der Waals surface area contributed by atoms with Gasteiger partial charge in [0.2, 0.25) is 0 Å². The zero-order valence-corrected chi connectivity index (χ0v) is 12.4. The van der Waals surface area contributed by atoms with Crippen molar-refractivity contribution in [3.63, 3.8) is 0 Å². The second-order valence-corrected chi connectivity index (χ2v) is 5.10. The summed E-state index contributed by atoms with van der Waals surface area (Å²) in [5.74, 6) is 0. The Morgan fingerprint density at radius 2 is 1.82 bits per heavy atom. The first-order valence-electron chi connectivity index (χ1n) is 7.09. The lowest BCUT2D eigenvalue weighted by Gasteiger charge is -2.32. The van der Waals surface area contributed by atoms with Gasteiger partial charge in [0, 0.05) is 11.6 Å². The molecule has 0 aliphatic rings. The van der Waals surface area contributed by atoms with Gasteiger partial charge in [0.1, 0.15) is 0 Å². The number of rotatable bonds is 10. The minimum Gasteiger partial charge on any atom is -0.394 e. The molecule has 3 heteroatoms. The summed E-state index contributed by atoms with van der Waals surface area (Å²) >= 11 is 0. The average molecular weight is 244 g/mol. The van der Waals surface area contributed by atoms with Crippen LogP contribution in [0.3, 0.4) is 0 Å². The Bertz CT molecular complexity index is 169. The van der Waals surface area contributed by atoms with Crippen molar-refractivity contribution in [2.75, 3.05) is 27.2 Å². The van der Waals surface area contributed by atoms with Gasteiger partial charge in [-0.2, -0.15) is 0 Å². The first kappa shape index (κ1) is 16.9. The number of nitrogens with zero attached hydrogens (tertiary/aromatic N) is 1. The lowest BCUT2D eigenvalue weighted by molar-refractivity contribution is 0.142.